The molecule has 204 valence electrons. The van der Waals surface area contributed by atoms with Gasteiger partial charge in [0.25, 0.3) is 0 Å². The van der Waals surface area contributed by atoms with Crippen LogP contribution in [0, 0.1) is 16.7 Å². The summed E-state index contributed by atoms with van der Waals surface area (Å²) in [6, 6.07) is 14.7. The number of hydrogen-bond donors (Lipinski definition) is 3. The third kappa shape index (κ3) is 9.03. The maximum atomic E-state index is 12.4. The molecule has 1 unspecified atom stereocenters. The Labute approximate surface area is 225 Å². The SMILES string of the molecule is CC(C)(C#N)C(=O)NC(CCN(CCCCc1ccc2c(n1)NCCC2)CCOc1ccccc1)C(=O)O. The minimum atomic E-state index is -1.29. The molecule has 38 heavy (non-hydrogen) atoms. The summed E-state index contributed by atoms with van der Waals surface area (Å²) in [6.07, 6.45) is 5.19. The van der Waals surface area contributed by atoms with Crippen LogP contribution in [-0.4, -0.2) is 65.7 Å². The number of amides is 1. The number of pyridine rings is 1. The molecule has 1 aromatic heterocycles. The van der Waals surface area contributed by atoms with Gasteiger partial charge in [-0.15, -0.1) is 0 Å². The molecule has 2 heterocycles. The number of benzene rings is 1. The molecule has 0 bridgehead atoms. The van der Waals surface area contributed by atoms with Gasteiger partial charge in [-0.25, -0.2) is 9.78 Å². The molecule has 0 fully saturated rings. The lowest BCUT2D eigenvalue weighted by Crippen LogP contribution is -2.47. The van der Waals surface area contributed by atoms with Gasteiger partial charge in [-0.05, 0) is 82.7 Å². The number of aromatic nitrogens is 1. The first-order valence-electron chi connectivity index (χ1n) is 13.4. The third-order valence-corrected chi connectivity index (χ3v) is 6.71. The zero-order chi connectivity index (χ0) is 27.4. The zero-order valence-corrected chi connectivity index (χ0v) is 22.4. The van der Waals surface area contributed by atoms with Crippen molar-refractivity contribution < 1.29 is 19.4 Å². The normalized spacial score (nSPS) is 13.6. The number of anilines is 1. The summed E-state index contributed by atoms with van der Waals surface area (Å²) in [5, 5.41) is 24.8. The fourth-order valence-corrected chi connectivity index (χ4v) is 4.25. The minimum absolute atomic E-state index is 0.228. The Morgan fingerprint density at radius 3 is 2.71 bits per heavy atom. The highest BCUT2D eigenvalue weighted by atomic mass is 16.5. The highest BCUT2D eigenvalue weighted by Crippen LogP contribution is 2.20. The van der Waals surface area contributed by atoms with Gasteiger partial charge in [0.2, 0.25) is 5.91 Å². The van der Waals surface area contributed by atoms with Crippen molar-refractivity contribution in [2.45, 2.75) is 58.4 Å². The summed E-state index contributed by atoms with van der Waals surface area (Å²) in [7, 11) is 0. The predicted octanol–water partition coefficient (Wildman–Crippen LogP) is 3.65. The van der Waals surface area contributed by atoms with Gasteiger partial charge in [0.15, 0.2) is 0 Å². The van der Waals surface area contributed by atoms with E-state index in [0.29, 0.717) is 19.7 Å². The van der Waals surface area contributed by atoms with E-state index in [1.54, 1.807) is 0 Å². The highest BCUT2D eigenvalue weighted by molar-refractivity contribution is 5.88. The van der Waals surface area contributed by atoms with E-state index in [1.807, 2.05) is 36.4 Å². The van der Waals surface area contributed by atoms with Gasteiger partial charge in [0.1, 0.15) is 29.6 Å². The fourth-order valence-electron chi connectivity index (χ4n) is 4.25. The lowest BCUT2D eigenvalue weighted by Gasteiger charge is -2.25. The maximum absolute atomic E-state index is 12.4. The average molecular weight is 522 g/mol. The number of carbonyl (C=O) groups is 2. The first kappa shape index (κ1) is 28.9. The van der Waals surface area contributed by atoms with Gasteiger partial charge in [-0.2, -0.15) is 5.26 Å². The molecule has 9 nitrogen and oxygen atoms in total. The smallest absolute Gasteiger partial charge is 0.326 e. The molecule has 0 aliphatic carbocycles. The second-order valence-corrected chi connectivity index (χ2v) is 10.2. The van der Waals surface area contributed by atoms with Crippen LogP contribution in [0.5, 0.6) is 5.75 Å². The third-order valence-electron chi connectivity index (χ3n) is 6.71. The minimum Gasteiger partial charge on any atom is -0.492 e. The van der Waals surface area contributed by atoms with E-state index in [-0.39, 0.29) is 6.42 Å². The zero-order valence-electron chi connectivity index (χ0n) is 22.4. The van der Waals surface area contributed by atoms with Crippen LogP contribution in [0.2, 0.25) is 0 Å². The number of carboxylic acids is 1. The molecule has 3 N–H and O–H groups in total. The van der Waals surface area contributed by atoms with Crippen LogP contribution in [-0.2, 0) is 22.4 Å². The van der Waals surface area contributed by atoms with E-state index in [1.165, 1.54) is 19.4 Å². The summed E-state index contributed by atoms with van der Waals surface area (Å²) < 4.78 is 5.86. The van der Waals surface area contributed by atoms with Crippen molar-refractivity contribution >= 4 is 17.7 Å². The van der Waals surface area contributed by atoms with Crippen molar-refractivity contribution in [2.24, 2.45) is 5.41 Å². The number of rotatable bonds is 15. The van der Waals surface area contributed by atoms with Gasteiger partial charge < -0.3 is 20.5 Å². The lowest BCUT2D eigenvalue weighted by atomic mass is 9.94. The molecule has 1 aromatic carbocycles. The van der Waals surface area contributed by atoms with Crippen molar-refractivity contribution in [3.8, 4) is 11.8 Å². The number of aliphatic carboxylic acids is 1. The molecule has 2 aromatic rings. The van der Waals surface area contributed by atoms with Gasteiger partial charge in [-0.3, -0.25) is 9.69 Å². The number of para-hydroxylation sites is 1. The van der Waals surface area contributed by atoms with Crippen LogP contribution in [0.4, 0.5) is 5.82 Å². The van der Waals surface area contributed by atoms with Crippen LogP contribution in [0.3, 0.4) is 0 Å². The quantitative estimate of drug-likeness (QED) is 0.303. The van der Waals surface area contributed by atoms with Crippen LogP contribution < -0.4 is 15.4 Å². The van der Waals surface area contributed by atoms with E-state index >= 15 is 0 Å². The van der Waals surface area contributed by atoms with Gasteiger partial charge >= 0.3 is 5.97 Å². The second kappa shape index (κ2) is 14.3. The van der Waals surface area contributed by atoms with E-state index in [4.69, 9.17) is 9.72 Å². The van der Waals surface area contributed by atoms with E-state index in [2.05, 4.69) is 27.7 Å². The van der Waals surface area contributed by atoms with E-state index in [9.17, 15) is 20.0 Å². The Morgan fingerprint density at radius 1 is 1.18 bits per heavy atom. The lowest BCUT2D eigenvalue weighted by molar-refractivity contribution is -0.143. The van der Waals surface area contributed by atoms with Crippen LogP contribution in [0.15, 0.2) is 42.5 Å². The average Bonchev–Trinajstić information content (AvgIpc) is 2.92. The molecule has 0 spiro atoms. The summed E-state index contributed by atoms with van der Waals surface area (Å²) in [6.45, 7) is 6.25. The summed E-state index contributed by atoms with van der Waals surface area (Å²) in [4.78, 5) is 31.1. The number of hydrogen-bond acceptors (Lipinski definition) is 7. The molecular formula is C29H39N5O4. The van der Waals surface area contributed by atoms with Gasteiger partial charge in [-0.1, -0.05) is 24.3 Å². The van der Waals surface area contributed by atoms with Crippen molar-refractivity contribution in [1.82, 2.24) is 15.2 Å². The number of unbranched alkanes of at least 4 members (excludes halogenated alkanes) is 1. The molecule has 0 saturated carbocycles. The maximum Gasteiger partial charge on any atom is 0.326 e. The van der Waals surface area contributed by atoms with Crippen molar-refractivity contribution in [3.05, 3.63) is 53.7 Å². The molecule has 0 radical (unpaired) electrons. The number of nitriles is 1. The Balaban J connectivity index is 1.53. The van der Waals surface area contributed by atoms with E-state index in [0.717, 1.165) is 62.5 Å². The van der Waals surface area contributed by atoms with E-state index < -0.39 is 23.3 Å². The topological polar surface area (TPSA) is 128 Å². The predicted molar refractivity (Wildman–Crippen MR) is 146 cm³/mol. The Hall–Kier alpha value is -3.64. The Kier molecular flexibility index (Phi) is 10.9. The highest BCUT2D eigenvalue weighted by Gasteiger charge is 2.31. The van der Waals surface area contributed by atoms with Crippen LogP contribution in [0.25, 0.3) is 0 Å². The fraction of sp³-hybridized carbons (Fsp3) is 0.517. The number of carboxylic acid groups (broad SMARTS) is 1. The molecule has 1 amide bonds. The van der Waals surface area contributed by atoms with Crippen LogP contribution >= 0.6 is 0 Å². The number of nitrogens with one attached hydrogen (secondary N) is 2. The summed E-state index contributed by atoms with van der Waals surface area (Å²) in [5.74, 6) is 0.0989. The molecule has 3 rings (SSSR count). The summed E-state index contributed by atoms with van der Waals surface area (Å²) >= 11 is 0. The van der Waals surface area contributed by atoms with Crippen LogP contribution in [0.1, 0.15) is 50.8 Å². The van der Waals surface area contributed by atoms with Crippen molar-refractivity contribution in [2.75, 3.05) is 38.1 Å². The molecule has 1 aliphatic rings. The largest absolute Gasteiger partial charge is 0.492 e. The Bertz CT molecular complexity index is 1100. The molecular weight excluding hydrogens is 482 g/mol. The standard InChI is InChI=1S/C29H39N5O4/c1-29(2,21-30)28(37)33-25(27(35)36)15-18-34(19-20-38-24-11-4-3-5-12-24)17-7-6-10-23-14-13-22-9-8-16-31-26(22)32-23/h3-5,11-14,25H,6-10,15-20H2,1-2H3,(H,31,32)(H,33,37)(H,35,36). The van der Waals surface area contributed by atoms with Crippen molar-refractivity contribution in [3.63, 3.8) is 0 Å². The molecule has 0 saturated heterocycles. The van der Waals surface area contributed by atoms with Gasteiger partial charge in [0.05, 0.1) is 6.07 Å². The first-order chi connectivity index (χ1) is 18.3. The van der Waals surface area contributed by atoms with Crippen molar-refractivity contribution in [1.29, 1.82) is 5.26 Å². The Morgan fingerprint density at radius 2 is 1.97 bits per heavy atom. The first-order valence-corrected chi connectivity index (χ1v) is 13.4. The number of nitrogens with zero attached hydrogens (tertiary/aromatic N) is 3. The number of ether oxygens (including phenoxy) is 1. The number of fused-ring (bicyclic) bond motifs is 1. The number of carbonyl (C=O) groups excluding carboxylic acids is 1. The second-order valence-electron chi connectivity index (χ2n) is 10.2. The number of aryl methyl sites for hydroxylation is 2. The van der Waals surface area contributed by atoms with Gasteiger partial charge in [0, 0.05) is 25.3 Å². The summed E-state index contributed by atoms with van der Waals surface area (Å²) in [5.41, 5.74) is 1.06. The monoisotopic (exact) mass is 521 g/mol. The molecule has 9 heteroatoms. The molecule has 1 atom stereocenters. The molecule has 1 aliphatic heterocycles.